The minimum atomic E-state index is -3.32. The van der Waals surface area contributed by atoms with E-state index in [9.17, 15) is 13.6 Å². The molecule has 1 unspecified atom stereocenters. The zero-order valence-electron chi connectivity index (χ0n) is 8.81. The molecule has 0 spiro atoms. The van der Waals surface area contributed by atoms with E-state index in [0.717, 1.165) is 4.57 Å². The molecule has 0 fully saturated rings. The van der Waals surface area contributed by atoms with E-state index in [1.165, 1.54) is 18.7 Å². The lowest BCUT2D eigenvalue weighted by Crippen LogP contribution is -2.36. The van der Waals surface area contributed by atoms with E-state index in [1.807, 2.05) is 0 Å². The van der Waals surface area contributed by atoms with Crippen molar-refractivity contribution in [3.05, 3.63) is 31.4 Å². The Morgan fingerprint density at radius 2 is 2.38 bits per heavy atom. The number of alkyl halides is 2. The summed E-state index contributed by atoms with van der Waals surface area (Å²) >= 11 is 0. The minimum absolute atomic E-state index is 0.439. The van der Waals surface area contributed by atoms with E-state index in [-0.39, 0.29) is 0 Å². The van der Waals surface area contributed by atoms with Gasteiger partial charge in [0.25, 0.3) is 12.0 Å². The van der Waals surface area contributed by atoms with E-state index in [1.54, 1.807) is 10.6 Å². The number of hydrogen-bond acceptors (Lipinski definition) is 1. The quantitative estimate of drug-likeness (QED) is 0.612. The van der Waals surface area contributed by atoms with Gasteiger partial charge in [0.05, 0.1) is 0 Å². The molecule has 1 aromatic rings. The maximum Gasteiger partial charge on any atom is 0.355 e. The number of nitrogens with zero attached hydrogens (tertiary/aromatic N) is 2. The van der Waals surface area contributed by atoms with Crippen LogP contribution < -0.4 is 4.57 Å². The lowest BCUT2D eigenvalue weighted by atomic mass is 10.2. The van der Waals surface area contributed by atoms with Crippen LogP contribution in [0, 0.1) is 0 Å². The first kappa shape index (κ1) is 12.4. The van der Waals surface area contributed by atoms with E-state index < -0.39 is 17.9 Å². The van der Waals surface area contributed by atoms with Crippen LogP contribution in [0.1, 0.15) is 13.0 Å². The molecule has 4 nitrogen and oxygen atoms in total. The van der Waals surface area contributed by atoms with Gasteiger partial charge in [0, 0.05) is 6.92 Å². The van der Waals surface area contributed by atoms with Crippen LogP contribution in [0.2, 0.25) is 0 Å². The number of carbonyl (C=O) groups is 1. The average molecular weight is 231 g/mol. The Labute approximate surface area is 91.4 Å². The topological polar surface area (TPSA) is 46.1 Å². The Balaban J connectivity index is 3.02. The van der Waals surface area contributed by atoms with E-state index in [2.05, 4.69) is 6.58 Å². The Morgan fingerprint density at radius 1 is 1.75 bits per heavy atom. The summed E-state index contributed by atoms with van der Waals surface area (Å²) in [6, 6.07) is -1.89. The van der Waals surface area contributed by atoms with Crippen molar-refractivity contribution in [2.45, 2.75) is 25.4 Å². The molecule has 6 heteroatoms. The highest BCUT2D eigenvalue weighted by Crippen LogP contribution is 2.28. The maximum atomic E-state index is 13.1. The van der Waals surface area contributed by atoms with Crippen LogP contribution in [0.25, 0.3) is 0 Å². The summed E-state index contributed by atoms with van der Waals surface area (Å²) in [5, 5.41) is 8.77. The zero-order valence-corrected chi connectivity index (χ0v) is 8.81. The molecule has 0 aliphatic rings. The fourth-order valence-corrected chi connectivity index (χ4v) is 1.43. The van der Waals surface area contributed by atoms with E-state index in [0.29, 0.717) is 13.5 Å². The fraction of sp³-hybridized carbons (Fsp3) is 0.400. The first-order valence-corrected chi connectivity index (χ1v) is 4.64. The van der Waals surface area contributed by atoms with Crippen molar-refractivity contribution in [2.75, 3.05) is 0 Å². The Kier molecular flexibility index (Phi) is 3.41. The zero-order chi connectivity index (χ0) is 12.3. The van der Waals surface area contributed by atoms with Crippen LogP contribution in [0.4, 0.5) is 8.78 Å². The largest absolute Gasteiger partial charge is 0.478 e. The third-order valence-corrected chi connectivity index (χ3v) is 2.06. The number of aromatic nitrogens is 2. The number of imidazole rings is 1. The first-order chi connectivity index (χ1) is 7.36. The Hall–Kier alpha value is -1.72. The fourth-order valence-electron chi connectivity index (χ4n) is 1.43. The van der Waals surface area contributed by atoms with Crippen molar-refractivity contribution in [2.24, 2.45) is 0 Å². The first-order valence-electron chi connectivity index (χ1n) is 4.64. The molecule has 1 N–H and O–H groups in total. The number of aliphatic carboxylic acids is 1. The summed E-state index contributed by atoms with van der Waals surface area (Å²) < 4.78 is 28.7. The third kappa shape index (κ3) is 2.65. The summed E-state index contributed by atoms with van der Waals surface area (Å²) in [4.78, 5) is 10.8. The SMILES string of the molecule is C=CC[n+]1ccn(C(C(=O)O)C(C)(F)F)c1. The second kappa shape index (κ2) is 4.42. The van der Waals surface area contributed by atoms with Gasteiger partial charge in [-0.25, -0.2) is 22.7 Å². The molecule has 1 aromatic heterocycles. The van der Waals surface area contributed by atoms with Crippen LogP contribution in [0.15, 0.2) is 31.4 Å². The second-order valence-electron chi connectivity index (χ2n) is 3.54. The van der Waals surface area contributed by atoms with Crippen LogP contribution in [0.3, 0.4) is 0 Å². The van der Waals surface area contributed by atoms with Crippen LogP contribution in [0.5, 0.6) is 0 Å². The van der Waals surface area contributed by atoms with Gasteiger partial charge in [0.15, 0.2) is 0 Å². The lowest BCUT2D eigenvalue weighted by molar-refractivity contribution is -0.686. The van der Waals surface area contributed by atoms with Gasteiger partial charge >= 0.3 is 5.97 Å². The van der Waals surface area contributed by atoms with Crippen molar-refractivity contribution >= 4 is 5.97 Å². The highest BCUT2D eigenvalue weighted by molar-refractivity contribution is 5.73. The van der Waals surface area contributed by atoms with E-state index >= 15 is 0 Å². The molecule has 0 saturated carbocycles. The van der Waals surface area contributed by atoms with Gasteiger partial charge in [-0.1, -0.05) is 12.7 Å². The third-order valence-electron chi connectivity index (χ3n) is 2.06. The number of carboxylic acid groups (broad SMARTS) is 1. The summed E-state index contributed by atoms with van der Waals surface area (Å²) in [5.41, 5.74) is 0. The summed E-state index contributed by atoms with van der Waals surface area (Å²) in [7, 11) is 0. The predicted octanol–water partition coefficient (Wildman–Crippen LogP) is 1.24. The number of halogens is 2. The van der Waals surface area contributed by atoms with Crippen molar-refractivity contribution in [3.8, 4) is 0 Å². The number of rotatable bonds is 5. The summed E-state index contributed by atoms with van der Waals surface area (Å²) in [5.74, 6) is -4.88. The van der Waals surface area contributed by atoms with E-state index in [4.69, 9.17) is 5.11 Å². The van der Waals surface area contributed by atoms with Gasteiger partial charge in [-0.3, -0.25) is 0 Å². The monoisotopic (exact) mass is 231 g/mol. The molecular weight excluding hydrogens is 218 g/mol. The molecule has 16 heavy (non-hydrogen) atoms. The van der Waals surface area contributed by atoms with Crippen molar-refractivity contribution in [1.29, 1.82) is 0 Å². The number of allylic oxidation sites excluding steroid dienone is 1. The normalized spacial score (nSPS) is 13.4. The summed E-state index contributed by atoms with van der Waals surface area (Å²) in [6.07, 6.45) is 5.73. The molecule has 0 aromatic carbocycles. The van der Waals surface area contributed by atoms with Gasteiger partial charge in [-0.15, -0.1) is 0 Å². The molecule has 1 rings (SSSR count). The van der Waals surface area contributed by atoms with Crippen molar-refractivity contribution in [1.82, 2.24) is 4.57 Å². The molecular formula is C10H13F2N2O2+. The minimum Gasteiger partial charge on any atom is -0.478 e. The molecule has 0 amide bonds. The smallest absolute Gasteiger partial charge is 0.355 e. The van der Waals surface area contributed by atoms with Crippen molar-refractivity contribution in [3.63, 3.8) is 0 Å². The van der Waals surface area contributed by atoms with Gasteiger partial charge in [-0.05, 0) is 0 Å². The van der Waals surface area contributed by atoms with Crippen molar-refractivity contribution < 1.29 is 23.2 Å². The number of hydrogen-bond donors (Lipinski definition) is 1. The Morgan fingerprint density at radius 3 is 2.81 bits per heavy atom. The highest BCUT2D eigenvalue weighted by Gasteiger charge is 2.45. The van der Waals surface area contributed by atoms with Gasteiger partial charge < -0.3 is 5.11 Å². The predicted molar refractivity (Wildman–Crippen MR) is 52.1 cm³/mol. The lowest BCUT2D eigenvalue weighted by Gasteiger charge is -2.15. The van der Waals surface area contributed by atoms with Gasteiger partial charge in [0.2, 0.25) is 6.33 Å². The van der Waals surface area contributed by atoms with Gasteiger partial charge in [0.1, 0.15) is 18.9 Å². The molecule has 88 valence electrons. The van der Waals surface area contributed by atoms with Crippen LogP contribution in [-0.2, 0) is 11.3 Å². The van der Waals surface area contributed by atoms with Crippen LogP contribution >= 0.6 is 0 Å². The molecule has 1 atom stereocenters. The maximum absolute atomic E-state index is 13.1. The average Bonchev–Trinajstić information content (AvgIpc) is 2.50. The summed E-state index contributed by atoms with van der Waals surface area (Å²) in [6.45, 7) is 4.53. The second-order valence-corrected chi connectivity index (χ2v) is 3.54. The molecule has 0 aliphatic carbocycles. The molecule has 0 saturated heterocycles. The highest BCUT2D eigenvalue weighted by atomic mass is 19.3. The standard InChI is InChI=1S/C10H12F2N2O2/c1-3-4-13-5-6-14(7-13)8(9(15)16)10(2,11)12/h3,5-8H,1,4H2,2H3/p+1. The molecule has 0 aliphatic heterocycles. The molecule has 0 bridgehead atoms. The van der Waals surface area contributed by atoms with Crippen LogP contribution in [-0.4, -0.2) is 21.6 Å². The molecule has 0 radical (unpaired) electrons. The Bertz CT molecular complexity index is 396. The molecule has 1 heterocycles. The van der Waals surface area contributed by atoms with Gasteiger partial charge in [-0.2, -0.15) is 0 Å². The number of carboxylic acids is 1.